The summed E-state index contributed by atoms with van der Waals surface area (Å²) >= 11 is 5.97. The molecule has 0 amide bonds. The van der Waals surface area contributed by atoms with Crippen molar-refractivity contribution < 1.29 is 9.47 Å². The first-order chi connectivity index (χ1) is 13.7. The number of nitrogens with zero attached hydrogens (tertiary/aromatic N) is 1. The van der Waals surface area contributed by atoms with Crippen molar-refractivity contribution in [1.29, 1.82) is 0 Å². The quantitative estimate of drug-likeness (QED) is 0.224. The van der Waals surface area contributed by atoms with Crippen LogP contribution in [-0.4, -0.2) is 19.9 Å². The van der Waals surface area contributed by atoms with Gasteiger partial charge < -0.3 is 9.47 Å². The van der Waals surface area contributed by atoms with E-state index in [1.807, 2.05) is 42.5 Å². The lowest BCUT2D eigenvalue weighted by molar-refractivity contribution is 0.284. The molecule has 0 aromatic heterocycles. The zero-order valence-electron chi connectivity index (χ0n) is 16.9. The highest BCUT2D eigenvalue weighted by atomic mass is 35.5. The Kier molecular flexibility index (Phi) is 10.3. The number of nitrogens with one attached hydrogen (secondary N) is 1. The number of rotatable bonds is 13. The summed E-state index contributed by atoms with van der Waals surface area (Å²) in [5, 5.41) is 4.92. The molecule has 0 atom stereocenters. The van der Waals surface area contributed by atoms with Crippen LogP contribution >= 0.6 is 11.6 Å². The number of hydrogen-bond donors (Lipinski definition) is 1. The fourth-order valence-corrected chi connectivity index (χ4v) is 3.05. The summed E-state index contributed by atoms with van der Waals surface area (Å²) in [5.74, 6) is 1.49. The first kappa shape index (κ1) is 22.1. The standard InChI is InChI=1S/C23H31ClN2O2/c1-3-4-5-6-7-8-9-15-28-22-14-13-19(16-23(22)27-2)18-25-26-21-12-10-11-20(24)17-21/h10-14,16-18,26H,3-9,15H2,1-2H3. The van der Waals surface area contributed by atoms with Gasteiger partial charge >= 0.3 is 0 Å². The van der Waals surface area contributed by atoms with Crippen molar-refractivity contribution in [1.82, 2.24) is 0 Å². The fraction of sp³-hybridized carbons (Fsp3) is 0.435. The van der Waals surface area contributed by atoms with E-state index in [1.54, 1.807) is 13.3 Å². The first-order valence-electron chi connectivity index (χ1n) is 10.1. The van der Waals surface area contributed by atoms with Gasteiger partial charge in [0.2, 0.25) is 0 Å². The van der Waals surface area contributed by atoms with Crippen LogP contribution < -0.4 is 14.9 Å². The Labute approximate surface area is 173 Å². The van der Waals surface area contributed by atoms with E-state index in [4.69, 9.17) is 21.1 Å². The second-order valence-corrected chi connectivity index (χ2v) is 7.20. The molecule has 0 fully saturated rings. The molecule has 0 radical (unpaired) electrons. The number of unbranched alkanes of at least 4 members (excludes halogenated alkanes) is 6. The highest BCUT2D eigenvalue weighted by Crippen LogP contribution is 2.28. The van der Waals surface area contributed by atoms with Crippen molar-refractivity contribution in [3.8, 4) is 11.5 Å². The molecule has 0 saturated carbocycles. The molecular weight excluding hydrogens is 372 g/mol. The number of benzene rings is 2. The first-order valence-corrected chi connectivity index (χ1v) is 10.5. The molecule has 0 bridgehead atoms. The topological polar surface area (TPSA) is 42.8 Å². The van der Waals surface area contributed by atoms with Gasteiger partial charge in [-0.3, -0.25) is 5.43 Å². The number of hydrogen-bond acceptors (Lipinski definition) is 4. The molecule has 0 aliphatic carbocycles. The average molecular weight is 403 g/mol. The predicted octanol–water partition coefficient (Wildman–Crippen LogP) is 6.92. The molecule has 0 heterocycles. The molecule has 28 heavy (non-hydrogen) atoms. The van der Waals surface area contributed by atoms with Gasteiger partial charge in [0.05, 0.1) is 25.6 Å². The monoisotopic (exact) mass is 402 g/mol. The van der Waals surface area contributed by atoms with E-state index in [0.717, 1.165) is 29.2 Å². The summed E-state index contributed by atoms with van der Waals surface area (Å²) in [6.07, 6.45) is 10.6. The molecule has 2 rings (SSSR count). The number of methoxy groups -OCH3 is 1. The van der Waals surface area contributed by atoms with Crippen LogP contribution in [0, 0.1) is 0 Å². The molecule has 0 spiro atoms. The Morgan fingerprint density at radius 2 is 1.75 bits per heavy atom. The summed E-state index contributed by atoms with van der Waals surface area (Å²) in [6.45, 7) is 2.96. The number of ether oxygens (including phenoxy) is 2. The minimum atomic E-state index is 0.671. The lowest BCUT2D eigenvalue weighted by Crippen LogP contribution is -2.00. The van der Waals surface area contributed by atoms with Crippen molar-refractivity contribution in [3.63, 3.8) is 0 Å². The minimum Gasteiger partial charge on any atom is -0.493 e. The fourth-order valence-electron chi connectivity index (χ4n) is 2.86. The lowest BCUT2D eigenvalue weighted by Gasteiger charge is -2.11. The lowest BCUT2D eigenvalue weighted by atomic mass is 10.1. The van der Waals surface area contributed by atoms with Gasteiger partial charge in [-0.05, 0) is 48.4 Å². The van der Waals surface area contributed by atoms with E-state index in [0.29, 0.717) is 11.6 Å². The number of halogens is 1. The largest absolute Gasteiger partial charge is 0.493 e. The van der Waals surface area contributed by atoms with E-state index in [9.17, 15) is 0 Å². The van der Waals surface area contributed by atoms with Crippen LogP contribution in [0.5, 0.6) is 11.5 Å². The Hall–Kier alpha value is -2.20. The third-order valence-corrected chi connectivity index (χ3v) is 4.66. The van der Waals surface area contributed by atoms with Crippen molar-refractivity contribution in [2.45, 2.75) is 51.9 Å². The van der Waals surface area contributed by atoms with E-state index in [-0.39, 0.29) is 0 Å². The molecule has 152 valence electrons. The van der Waals surface area contributed by atoms with Gasteiger partial charge in [-0.1, -0.05) is 63.1 Å². The Morgan fingerprint density at radius 1 is 0.964 bits per heavy atom. The molecular formula is C23H31ClN2O2. The zero-order valence-corrected chi connectivity index (χ0v) is 17.7. The maximum Gasteiger partial charge on any atom is 0.161 e. The highest BCUT2D eigenvalue weighted by molar-refractivity contribution is 6.30. The Bertz CT molecular complexity index is 734. The van der Waals surface area contributed by atoms with Gasteiger partial charge in [0.1, 0.15) is 0 Å². The van der Waals surface area contributed by atoms with Gasteiger partial charge in [0.25, 0.3) is 0 Å². The third kappa shape index (κ3) is 8.22. The van der Waals surface area contributed by atoms with Gasteiger partial charge in [0.15, 0.2) is 11.5 Å². The van der Waals surface area contributed by atoms with Gasteiger partial charge in [-0.2, -0.15) is 5.10 Å². The van der Waals surface area contributed by atoms with Crippen molar-refractivity contribution in [2.24, 2.45) is 5.10 Å². The molecule has 0 aliphatic heterocycles. The van der Waals surface area contributed by atoms with E-state index < -0.39 is 0 Å². The summed E-state index contributed by atoms with van der Waals surface area (Å²) in [6, 6.07) is 13.2. The molecule has 0 aliphatic rings. The Balaban J connectivity index is 1.78. The second-order valence-electron chi connectivity index (χ2n) is 6.76. The highest BCUT2D eigenvalue weighted by Gasteiger charge is 2.05. The van der Waals surface area contributed by atoms with Crippen LogP contribution in [0.1, 0.15) is 57.4 Å². The Morgan fingerprint density at radius 3 is 2.50 bits per heavy atom. The summed E-state index contributed by atoms with van der Waals surface area (Å²) < 4.78 is 11.4. The van der Waals surface area contributed by atoms with Gasteiger partial charge in [-0.15, -0.1) is 0 Å². The molecule has 2 aromatic rings. The van der Waals surface area contributed by atoms with Crippen LogP contribution in [0.15, 0.2) is 47.6 Å². The number of anilines is 1. The summed E-state index contributed by atoms with van der Waals surface area (Å²) in [5.41, 5.74) is 4.73. The van der Waals surface area contributed by atoms with E-state index in [1.165, 1.54) is 38.5 Å². The normalized spacial score (nSPS) is 11.0. The molecule has 1 N–H and O–H groups in total. The average Bonchev–Trinajstić information content (AvgIpc) is 2.70. The van der Waals surface area contributed by atoms with Gasteiger partial charge in [-0.25, -0.2) is 0 Å². The van der Waals surface area contributed by atoms with Crippen LogP contribution in [-0.2, 0) is 0 Å². The third-order valence-electron chi connectivity index (χ3n) is 4.43. The van der Waals surface area contributed by atoms with E-state index in [2.05, 4.69) is 17.5 Å². The molecule has 2 aromatic carbocycles. The van der Waals surface area contributed by atoms with Crippen LogP contribution in [0.3, 0.4) is 0 Å². The maximum absolute atomic E-state index is 5.97. The summed E-state index contributed by atoms with van der Waals surface area (Å²) in [4.78, 5) is 0. The van der Waals surface area contributed by atoms with Crippen LogP contribution in [0.25, 0.3) is 0 Å². The maximum atomic E-state index is 5.97. The van der Waals surface area contributed by atoms with E-state index >= 15 is 0 Å². The van der Waals surface area contributed by atoms with Crippen molar-refractivity contribution in [3.05, 3.63) is 53.1 Å². The van der Waals surface area contributed by atoms with Crippen LogP contribution in [0.2, 0.25) is 5.02 Å². The number of hydrazone groups is 1. The zero-order chi connectivity index (χ0) is 20.0. The van der Waals surface area contributed by atoms with Gasteiger partial charge in [0, 0.05) is 5.02 Å². The molecule has 5 heteroatoms. The molecule has 0 saturated heterocycles. The van der Waals surface area contributed by atoms with Crippen molar-refractivity contribution >= 4 is 23.5 Å². The molecule has 4 nitrogen and oxygen atoms in total. The summed E-state index contributed by atoms with van der Waals surface area (Å²) in [7, 11) is 1.65. The molecule has 0 unspecified atom stereocenters. The minimum absolute atomic E-state index is 0.671. The predicted molar refractivity (Wildman–Crippen MR) is 119 cm³/mol. The van der Waals surface area contributed by atoms with Crippen molar-refractivity contribution in [2.75, 3.05) is 19.1 Å². The van der Waals surface area contributed by atoms with Crippen LogP contribution in [0.4, 0.5) is 5.69 Å². The second kappa shape index (κ2) is 13.1. The smallest absolute Gasteiger partial charge is 0.161 e. The SMILES string of the molecule is CCCCCCCCCOc1ccc(C=NNc2cccc(Cl)c2)cc1OC.